The molecule has 13 nitrogen and oxygen atoms in total. The Morgan fingerprint density at radius 2 is 2.10 bits per heavy atom. The van der Waals surface area contributed by atoms with Gasteiger partial charge in [0.1, 0.15) is 0 Å². The van der Waals surface area contributed by atoms with Crippen molar-refractivity contribution < 1.29 is 18.9 Å². The van der Waals surface area contributed by atoms with Crippen LogP contribution in [-0.2, 0) is 0 Å². The highest BCUT2D eigenvalue weighted by molar-refractivity contribution is 5.97. The number of carbonyl (C=O) groups excluding carboxylic acids is 1. The molecule has 13 heteroatoms. The van der Waals surface area contributed by atoms with Gasteiger partial charge in [0, 0.05) is 13.1 Å². The lowest BCUT2D eigenvalue weighted by atomic mass is 10.2. The Bertz CT molecular complexity index is 1090. The second-order valence-corrected chi connectivity index (χ2v) is 6.13. The molecule has 156 valence electrons. The SMILES string of the molecule is CCN(CC)c1c(C(=O)N/N=C/c2ccc3c(c2)OCO3)nnn1-c1nonc1N. The number of hydrogen-bond donors (Lipinski definition) is 2. The fourth-order valence-electron chi connectivity index (χ4n) is 2.92. The Hall–Kier alpha value is -4.16. The lowest BCUT2D eigenvalue weighted by Crippen LogP contribution is -2.29. The molecular weight excluding hydrogens is 394 g/mol. The summed E-state index contributed by atoms with van der Waals surface area (Å²) in [5.41, 5.74) is 9.02. The molecule has 0 unspecified atom stereocenters. The van der Waals surface area contributed by atoms with Crippen LogP contribution in [0.1, 0.15) is 29.9 Å². The lowest BCUT2D eigenvalue weighted by molar-refractivity contribution is 0.0950. The van der Waals surface area contributed by atoms with Gasteiger partial charge in [0.2, 0.25) is 18.4 Å². The summed E-state index contributed by atoms with van der Waals surface area (Å²) >= 11 is 0. The van der Waals surface area contributed by atoms with Crippen LogP contribution in [-0.4, -0.2) is 57.3 Å². The largest absolute Gasteiger partial charge is 0.454 e. The van der Waals surface area contributed by atoms with Gasteiger partial charge in [-0.15, -0.1) is 5.10 Å². The Balaban J connectivity index is 1.57. The van der Waals surface area contributed by atoms with Crippen LogP contribution in [0.5, 0.6) is 11.5 Å². The summed E-state index contributed by atoms with van der Waals surface area (Å²) in [6.45, 7) is 5.24. The summed E-state index contributed by atoms with van der Waals surface area (Å²) in [6.07, 6.45) is 1.49. The smallest absolute Gasteiger partial charge is 0.295 e. The van der Waals surface area contributed by atoms with Crippen LogP contribution in [0.2, 0.25) is 0 Å². The number of hydrogen-bond acceptors (Lipinski definition) is 11. The number of carbonyl (C=O) groups is 1. The van der Waals surface area contributed by atoms with Gasteiger partial charge in [0.05, 0.1) is 6.21 Å². The normalized spacial score (nSPS) is 12.5. The monoisotopic (exact) mass is 413 g/mol. The van der Waals surface area contributed by atoms with E-state index in [0.29, 0.717) is 30.4 Å². The van der Waals surface area contributed by atoms with E-state index < -0.39 is 5.91 Å². The molecule has 30 heavy (non-hydrogen) atoms. The number of nitrogens with zero attached hydrogens (tertiary/aromatic N) is 7. The molecule has 1 aromatic carbocycles. The number of benzene rings is 1. The van der Waals surface area contributed by atoms with Crippen molar-refractivity contribution in [3.63, 3.8) is 0 Å². The fraction of sp³-hybridized carbons (Fsp3) is 0.294. The molecule has 0 saturated carbocycles. The van der Waals surface area contributed by atoms with Crippen molar-refractivity contribution in [2.45, 2.75) is 13.8 Å². The predicted molar refractivity (Wildman–Crippen MR) is 105 cm³/mol. The van der Waals surface area contributed by atoms with Crippen LogP contribution in [0.3, 0.4) is 0 Å². The molecular formula is C17H19N9O4. The minimum absolute atomic E-state index is 0.0288. The van der Waals surface area contributed by atoms with Crippen molar-refractivity contribution in [2.75, 3.05) is 30.5 Å². The van der Waals surface area contributed by atoms with Crippen molar-refractivity contribution in [1.82, 2.24) is 30.7 Å². The zero-order valence-corrected chi connectivity index (χ0v) is 16.3. The molecule has 0 fully saturated rings. The van der Waals surface area contributed by atoms with E-state index in [-0.39, 0.29) is 24.1 Å². The van der Waals surface area contributed by atoms with E-state index in [4.69, 9.17) is 15.2 Å². The van der Waals surface area contributed by atoms with E-state index in [1.165, 1.54) is 10.9 Å². The first kappa shape index (κ1) is 19.2. The number of fused-ring (bicyclic) bond motifs is 1. The van der Waals surface area contributed by atoms with Crippen molar-refractivity contribution in [1.29, 1.82) is 0 Å². The lowest BCUT2D eigenvalue weighted by Gasteiger charge is -2.21. The first-order chi connectivity index (χ1) is 14.6. The Kier molecular flexibility index (Phi) is 5.15. The molecule has 1 aliphatic rings. The van der Waals surface area contributed by atoms with E-state index in [1.54, 1.807) is 18.2 Å². The number of amides is 1. The minimum atomic E-state index is -0.546. The number of rotatable bonds is 7. The molecule has 3 N–H and O–H groups in total. The highest BCUT2D eigenvalue weighted by Gasteiger charge is 2.27. The number of nitrogens with one attached hydrogen (secondary N) is 1. The van der Waals surface area contributed by atoms with Gasteiger partial charge in [-0.3, -0.25) is 4.79 Å². The van der Waals surface area contributed by atoms with Crippen LogP contribution >= 0.6 is 0 Å². The third-order valence-electron chi connectivity index (χ3n) is 4.40. The Morgan fingerprint density at radius 1 is 1.30 bits per heavy atom. The van der Waals surface area contributed by atoms with E-state index in [9.17, 15) is 4.79 Å². The molecule has 1 aliphatic heterocycles. The molecule has 2 aromatic heterocycles. The molecule has 0 atom stereocenters. The number of nitrogen functional groups attached to an aromatic ring is 1. The number of nitrogens with two attached hydrogens (primary N) is 1. The zero-order chi connectivity index (χ0) is 21.1. The molecule has 3 aromatic rings. The van der Waals surface area contributed by atoms with Crippen LogP contribution in [0, 0.1) is 0 Å². The second kappa shape index (κ2) is 8.06. The third kappa shape index (κ3) is 3.47. The summed E-state index contributed by atoms with van der Waals surface area (Å²) in [5.74, 6) is 1.32. The van der Waals surface area contributed by atoms with Crippen molar-refractivity contribution in [3.05, 3.63) is 29.5 Å². The van der Waals surface area contributed by atoms with Crippen LogP contribution < -0.4 is 25.5 Å². The van der Waals surface area contributed by atoms with Crippen LogP contribution in [0.4, 0.5) is 11.6 Å². The number of ether oxygens (including phenoxy) is 2. The van der Waals surface area contributed by atoms with Crippen molar-refractivity contribution in [2.24, 2.45) is 5.10 Å². The summed E-state index contributed by atoms with van der Waals surface area (Å²) in [4.78, 5) is 14.6. The fourth-order valence-corrected chi connectivity index (χ4v) is 2.92. The molecule has 0 spiro atoms. The van der Waals surface area contributed by atoms with Gasteiger partial charge in [-0.2, -0.15) is 9.78 Å². The average Bonchev–Trinajstić information content (AvgIpc) is 3.48. The highest BCUT2D eigenvalue weighted by Crippen LogP contribution is 2.32. The first-order valence-corrected chi connectivity index (χ1v) is 9.14. The van der Waals surface area contributed by atoms with Gasteiger partial charge in [0.15, 0.2) is 23.0 Å². The van der Waals surface area contributed by atoms with Gasteiger partial charge < -0.3 is 20.1 Å². The molecule has 0 bridgehead atoms. The van der Waals surface area contributed by atoms with Crippen LogP contribution in [0.15, 0.2) is 27.9 Å². The second-order valence-electron chi connectivity index (χ2n) is 6.13. The minimum Gasteiger partial charge on any atom is -0.454 e. The molecule has 4 rings (SSSR count). The van der Waals surface area contributed by atoms with Crippen LogP contribution in [0.25, 0.3) is 5.82 Å². The maximum atomic E-state index is 12.7. The van der Waals surface area contributed by atoms with Gasteiger partial charge in [-0.05, 0) is 47.9 Å². The maximum Gasteiger partial charge on any atom is 0.295 e. The number of anilines is 2. The summed E-state index contributed by atoms with van der Waals surface area (Å²) in [6, 6.07) is 5.32. The van der Waals surface area contributed by atoms with E-state index in [1.807, 2.05) is 18.7 Å². The molecule has 0 saturated heterocycles. The highest BCUT2D eigenvalue weighted by atomic mass is 16.7. The van der Waals surface area contributed by atoms with E-state index >= 15 is 0 Å². The maximum absolute atomic E-state index is 12.7. The molecule has 0 aliphatic carbocycles. The molecule has 3 heterocycles. The van der Waals surface area contributed by atoms with E-state index in [2.05, 4.69) is 35.8 Å². The van der Waals surface area contributed by atoms with Gasteiger partial charge in [-0.1, -0.05) is 5.21 Å². The quantitative estimate of drug-likeness (QED) is 0.414. The molecule has 0 radical (unpaired) electrons. The first-order valence-electron chi connectivity index (χ1n) is 9.14. The summed E-state index contributed by atoms with van der Waals surface area (Å²) < 4.78 is 16.5. The van der Waals surface area contributed by atoms with Gasteiger partial charge in [0.25, 0.3) is 5.91 Å². The third-order valence-corrected chi connectivity index (χ3v) is 4.40. The summed E-state index contributed by atoms with van der Waals surface area (Å²) in [7, 11) is 0. The topological polar surface area (TPSA) is 159 Å². The number of hydrazone groups is 1. The van der Waals surface area contributed by atoms with Gasteiger partial charge >= 0.3 is 0 Å². The average molecular weight is 413 g/mol. The summed E-state index contributed by atoms with van der Waals surface area (Å²) in [5, 5.41) is 19.3. The van der Waals surface area contributed by atoms with Gasteiger partial charge in [-0.25, -0.2) is 10.1 Å². The Labute approximate surface area is 170 Å². The molecule has 1 amide bonds. The zero-order valence-electron chi connectivity index (χ0n) is 16.3. The number of aromatic nitrogens is 5. The van der Waals surface area contributed by atoms with Crippen molar-refractivity contribution in [3.8, 4) is 17.3 Å². The predicted octanol–water partition coefficient (Wildman–Crippen LogP) is 0.571. The van der Waals surface area contributed by atoms with E-state index in [0.717, 1.165) is 5.56 Å². The standard InChI is InChI=1S/C17H19N9O4/c1-3-25(4-2)17-13(20-24-26(17)15-14(18)22-30-23-15)16(27)21-19-8-10-5-6-11-12(7-10)29-9-28-11/h5-8H,3-4,9H2,1-2H3,(H2,18,22)(H,21,27)/b19-8+. The van der Waals surface area contributed by atoms with Crippen molar-refractivity contribution >= 4 is 23.8 Å². The Morgan fingerprint density at radius 3 is 2.83 bits per heavy atom.